The van der Waals surface area contributed by atoms with Gasteiger partial charge in [0, 0.05) is 14.1 Å². The van der Waals surface area contributed by atoms with E-state index in [9.17, 15) is 24.3 Å². The van der Waals surface area contributed by atoms with Crippen LogP contribution in [0.2, 0.25) is 0 Å². The number of ether oxygens (including phenoxy) is 1. The summed E-state index contributed by atoms with van der Waals surface area (Å²) in [4.78, 5) is 55.8. The minimum atomic E-state index is -0.673. The summed E-state index contributed by atoms with van der Waals surface area (Å²) in [5.41, 5.74) is -0.0264. The zero-order valence-corrected chi connectivity index (χ0v) is 17.1. The van der Waals surface area contributed by atoms with E-state index in [4.69, 9.17) is 4.74 Å². The zero-order chi connectivity index (χ0) is 21.0. The number of thiophene rings is 1. The first-order valence-corrected chi connectivity index (χ1v) is 9.60. The second-order valence-corrected chi connectivity index (χ2v) is 7.68. The third-order valence-electron chi connectivity index (χ3n) is 3.44. The van der Waals surface area contributed by atoms with E-state index in [0.29, 0.717) is 10.4 Å². The molecule has 0 bridgehead atoms. The number of hydrogen-bond donors (Lipinski definition) is 3. The highest BCUT2D eigenvalue weighted by atomic mass is 32.2. The van der Waals surface area contributed by atoms with Gasteiger partial charge in [-0.3, -0.25) is 14.4 Å². The Morgan fingerprint density at radius 1 is 1.39 bits per heavy atom. The van der Waals surface area contributed by atoms with Gasteiger partial charge in [-0.05, 0) is 12.5 Å². The lowest BCUT2D eigenvalue weighted by Crippen LogP contribution is -2.21. The molecule has 2 amide bonds. The zero-order valence-electron chi connectivity index (χ0n) is 15.5. The molecule has 0 radical (unpaired) electrons. The average molecular weight is 426 g/mol. The number of H-pyrrole nitrogens is 1. The number of hydrogen-bond acceptors (Lipinski definition) is 9. The fourth-order valence-corrected chi connectivity index (χ4v) is 4.05. The number of aromatic nitrogens is 2. The van der Waals surface area contributed by atoms with Gasteiger partial charge in [0.2, 0.25) is 11.8 Å². The molecule has 28 heavy (non-hydrogen) atoms. The van der Waals surface area contributed by atoms with Crippen molar-refractivity contribution in [2.24, 2.45) is 0 Å². The Morgan fingerprint density at radius 3 is 2.64 bits per heavy atom. The van der Waals surface area contributed by atoms with Crippen molar-refractivity contribution in [3.63, 3.8) is 0 Å². The van der Waals surface area contributed by atoms with Crippen molar-refractivity contribution in [2.75, 3.05) is 32.3 Å². The van der Waals surface area contributed by atoms with Gasteiger partial charge in [0.1, 0.15) is 5.00 Å². The van der Waals surface area contributed by atoms with Crippen molar-refractivity contribution < 1.29 is 24.2 Å². The molecule has 2 heterocycles. The molecular weight excluding hydrogens is 408 g/mol. The Hall–Kier alpha value is -2.86. The van der Waals surface area contributed by atoms with Crippen LogP contribution < -0.4 is 10.9 Å². The Labute approximate surface area is 167 Å². The summed E-state index contributed by atoms with van der Waals surface area (Å²) in [5.74, 6) is -2.08. The lowest BCUT2D eigenvalue weighted by atomic mass is 10.1. The van der Waals surface area contributed by atoms with Crippen LogP contribution in [0.3, 0.4) is 0 Å². The molecule has 0 aromatic carbocycles. The third kappa shape index (κ3) is 4.89. The molecule has 0 saturated carbocycles. The van der Waals surface area contributed by atoms with E-state index in [1.807, 2.05) is 0 Å². The molecule has 150 valence electrons. The topological polar surface area (TPSA) is 142 Å². The van der Waals surface area contributed by atoms with Gasteiger partial charge in [0.25, 0.3) is 11.5 Å². The van der Waals surface area contributed by atoms with Gasteiger partial charge in [0.15, 0.2) is 5.16 Å². The first kappa shape index (κ1) is 21.4. The second-order valence-electron chi connectivity index (χ2n) is 5.70. The number of amides is 2. The number of esters is 1. The lowest BCUT2D eigenvalue weighted by Gasteiger charge is -2.08. The van der Waals surface area contributed by atoms with Crippen LogP contribution in [-0.4, -0.2) is 64.7 Å². The largest absolute Gasteiger partial charge is 0.493 e. The predicted octanol–water partition coefficient (Wildman–Crippen LogP) is 1.06. The Morgan fingerprint density at radius 2 is 2.07 bits per heavy atom. The molecule has 0 atom stereocenters. The molecule has 0 aliphatic heterocycles. The standard InChI is InChI=1S/C16H18N4O6S2/c1-7-11(15(25)26-4)13(28-12(7)14(24)20(2)3)17-10(23)6-27-16-18-8(21)5-9(22)19-16/h5H,6H2,1-4H3,(H,17,23)(H2,18,19,21,22). The summed E-state index contributed by atoms with van der Waals surface area (Å²) in [7, 11) is 4.37. The maximum absolute atomic E-state index is 12.3. The van der Waals surface area contributed by atoms with E-state index >= 15 is 0 Å². The van der Waals surface area contributed by atoms with Gasteiger partial charge in [0.05, 0.1) is 29.4 Å². The molecule has 0 fully saturated rings. The molecule has 2 aromatic heterocycles. The molecule has 0 aliphatic carbocycles. The number of nitrogens with zero attached hydrogens (tertiary/aromatic N) is 2. The number of carbonyl (C=O) groups is 3. The fraction of sp³-hybridized carbons (Fsp3) is 0.312. The normalized spacial score (nSPS) is 10.4. The van der Waals surface area contributed by atoms with Crippen LogP contribution in [-0.2, 0) is 9.53 Å². The first-order valence-electron chi connectivity index (χ1n) is 7.80. The van der Waals surface area contributed by atoms with Crippen molar-refractivity contribution in [1.82, 2.24) is 14.9 Å². The highest BCUT2D eigenvalue weighted by molar-refractivity contribution is 7.99. The molecule has 2 rings (SSSR count). The van der Waals surface area contributed by atoms with Crippen molar-refractivity contribution >= 4 is 45.9 Å². The van der Waals surface area contributed by atoms with Crippen LogP contribution in [0.25, 0.3) is 0 Å². The van der Waals surface area contributed by atoms with Crippen LogP contribution >= 0.6 is 23.1 Å². The minimum Gasteiger partial charge on any atom is -0.493 e. The van der Waals surface area contributed by atoms with Crippen molar-refractivity contribution in [3.8, 4) is 5.88 Å². The number of carbonyl (C=O) groups excluding carboxylic acids is 3. The number of aromatic hydroxyl groups is 1. The molecule has 12 heteroatoms. The monoisotopic (exact) mass is 426 g/mol. The molecule has 0 saturated heterocycles. The maximum atomic E-state index is 12.3. The summed E-state index contributed by atoms with van der Waals surface area (Å²) >= 11 is 1.87. The van der Waals surface area contributed by atoms with Gasteiger partial charge in [-0.15, -0.1) is 11.3 Å². The van der Waals surface area contributed by atoms with Gasteiger partial charge in [-0.2, -0.15) is 4.98 Å². The van der Waals surface area contributed by atoms with Crippen molar-refractivity contribution in [2.45, 2.75) is 12.1 Å². The number of methoxy groups -OCH3 is 1. The minimum absolute atomic E-state index is 0.0687. The van der Waals surface area contributed by atoms with Crippen molar-refractivity contribution in [3.05, 3.63) is 32.4 Å². The van der Waals surface area contributed by atoms with Crippen LogP contribution in [0.15, 0.2) is 16.0 Å². The van der Waals surface area contributed by atoms with Crippen molar-refractivity contribution in [1.29, 1.82) is 0 Å². The van der Waals surface area contributed by atoms with Gasteiger partial charge in [-0.1, -0.05) is 11.8 Å². The molecular formula is C16H18N4O6S2. The lowest BCUT2D eigenvalue weighted by molar-refractivity contribution is -0.113. The number of anilines is 1. The quantitative estimate of drug-likeness (QED) is 0.354. The van der Waals surface area contributed by atoms with Gasteiger partial charge in [-0.25, -0.2) is 4.79 Å². The number of aromatic amines is 1. The molecule has 0 unspecified atom stereocenters. The first-order chi connectivity index (χ1) is 13.1. The highest BCUT2D eigenvalue weighted by Gasteiger charge is 2.27. The van der Waals surface area contributed by atoms with Gasteiger partial charge < -0.3 is 25.0 Å². The summed E-state index contributed by atoms with van der Waals surface area (Å²) in [6, 6.07) is 0.907. The Bertz CT molecular complexity index is 982. The Balaban J connectivity index is 2.22. The second kappa shape index (κ2) is 8.89. The van der Waals surface area contributed by atoms with E-state index in [1.54, 1.807) is 21.0 Å². The maximum Gasteiger partial charge on any atom is 0.341 e. The summed E-state index contributed by atoms with van der Waals surface area (Å²) < 4.78 is 4.76. The van der Waals surface area contributed by atoms with Gasteiger partial charge >= 0.3 is 5.97 Å². The fourth-order valence-electron chi connectivity index (χ4n) is 2.14. The number of rotatable bonds is 6. The van der Waals surface area contributed by atoms with Crippen LogP contribution in [0, 0.1) is 6.92 Å². The molecule has 0 aliphatic rings. The molecule has 3 N–H and O–H groups in total. The SMILES string of the molecule is COC(=O)c1c(NC(=O)CSc2nc(O)cc(=O)[nH]2)sc(C(=O)N(C)C)c1C. The number of nitrogens with one attached hydrogen (secondary N) is 2. The Kier molecular flexibility index (Phi) is 6.80. The highest BCUT2D eigenvalue weighted by Crippen LogP contribution is 2.34. The van der Waals surface area contributed by atoms with Crippen LogP contribution in [0.1, 0.15) is 25.6 Å². The predicted molar refractivity (Wildman–Crippen MR) is 104 cm³/mol. The molecule has 2 aromatic rings. The third-order valence-corrected chi connectivity index (χ3v) is 5.50. The van der Waals surface area contributed by atoms with Crippen LogP contribution in [0.4, 0.5) is 5.00 Å². The molecule has 0 spiro atoms. The van der Waals surface area contributed by atoms with E-state index in [-0.39, 0.29) is 27.4 Å². The smallest absolute Gasteiger partial charge is 0.341 e. The summed E-state index contributed by atoms with van der Waals surface area (Å²) in [5, 5.41) is 12.2. The van der Waals surface area contributed by atoms with Crippen LogP contribution in [0.5, 0.6) is 5.88 Å². The average Bonchev–Trinajstić information content (AvgIpc) is 2.93. The van der Waals surface area contributed by atoms with E-state index < -0.39 is 23.3 Å². The molecule has 10 nitrogen and oxygen atoms in total. The van der Waals surface area contributed by atoms with E-state index in [1.165, 1.54) is 12.0 Å². The van der Waals surface area contributed by atoms with E-state index in [0.717, 1.165) is 29.2 Å². The number of thioether (sulfide) groups is 1. The van der Waals surface area contributed by atoms with E-state index in [2.05, 4.69) is 15.3 Å². The summed E-state index contributed by atoms with van der Waals surface area (Å²) in [6.45, 7) is 1.60. The summed E-state index contributed by atoms with van der Waals surface area (Å²) in [6.07, 6.45) is 0.